The van der Waals surface area contributed by atoms with Crippen LogP contribution in [0.2, 0.25) is 0 Å². The van der Waals surface area contributed by atoms with Gasteiger partial charge in [-0.1, -0.05) is 66.7 Å². The van der Waals surface area contributed by atoms with Crippen LogP contribution in [-0.2, 0) is 29.3 Å². The number of phenols is 2. The van der Waals surface area contributed by atoms with Gasteiger partial charge in [0.2, 0.25) is 0 Å². The van der Waals surface area contributed by atoms with Crippen molar-refractivity contribution < 1.29 is 62.2 Å². The maximum Gasteiger partial charge on any atom is 0.347 e. The van der Waals surface area contributed by atoms with Gasteiger partial charge in [-0.3, -0.25) is 0 Å². The number of aryl methyl sites for hydroxylation is 3. The zero-order chi connectivity index (χ0) is 48.1. The molecule has 6 rings (SSSR count). The zero-order valence-corrected chi connectivity index (χ0v) is 39.4. The van der Waals surface area contributed by atoms with Gasteiger partial charge in [-0.25, -0.2) is 23.6 Å². The lowest BCUT2D eigenvalue weighted by atomic mass is 9.93. The Morgan fingerprint density at radius 3 is 1.71 bits per heavy atom. The molecular weight excluding hydrogens is 915 g/mol. The van der Waals surface area contributed by atoms with Gasteiger partial charge in [-0.05, 0) is 122 Å². The van der Waals surface area contributed by atoms with E-state index in [9.17, 15) is 29.4 Å². The number of esters is 4. The number of hydrogen-bond acceptors (Lipinski definition) is 12. The van der Waals surface area contributed by atoms with Crippen LogP contribution in [0.3, 0.4) is 0 Å². The third-order valence-electron chi connectivity index (χ3n) is 11.4. The number of rotatable bonds is 14. The van der Waals surface area contributed by atoms with Gasteiger partial charge in [0.15, 0.2) is 17.3 Å². The second kappa shape index (κ2) is 20.3. The third kappa shape index (κ3) is 9.88. The topological polar surface area (TPSA) is 164 Å². The molecule has 12 nitrogen and oxygen atoms in total. The Balaban J connectivity index is 1.21. The lowest BCUT2D eigenvalue weighted by Gasteiger charge is -2.20. The van der Waals surface area contributed by atoms with E-state index in [1.807, 2.05) is 73.7 Å². The summed E-state index contributed by atoms with van der Waals surface area (Å²) in [7, 11) is 1.40. The molecule has 2 N–H and O–H groups in total. The normalized spacial score (nSPS) is 10.9. The molecule has 342 valence electrons. The number of phenolic OH excluding ortho intramolecular Hbond substituents is 2. The largest absolute Gasteiger partial charge is 0.507 e. The Morgan fingerprint density at radius 1 is 0.545 bits per heavy atom. The Kier molecular flexibility index (Phi) is 14.9. The van der Waals surface area contributed by atoms with Gasteiger partial charge in [-0.15, -0.1) is 0 Å². The van der Waals surface area contributed by atoms with Crippen molar-refractivity contribution in [2.24, 2.45) is 0 Å². The number of carbonyl (C=O) groups excluding carboxylic acids is 4. The second-order valence-electron chi connectivity index (χ2n) is 15.7. The number of carbonyl (C=O) groups is 4. The van der Waals surface area contributed by atoms with E-state index in [1.165, 1.54) is 27.9 Å². The van der Waals surface area contributed by atoms with Crippen molar-refractivity contribution >= 4 is 39.8 Å². The lowest BCUT2D eigenvalue weighted by Crippen LogP contribution is -2.18. The first-order valence-electron chi connectivity index (χ1n) is 20.7. The minimum atomic E-state index is -1.22. The van der Waals surface area contributed by atoms with Crippen molar-refractivity contribution in [3.63, 3.8) is 0 Å². The molecular formula is C52H48BrFO12. The van der Waals surface area contributed by atoms with Crippen LogP contribution < -0.4 is 18.9 Å². The van der Waals surface area contributed by atoms with Crippen molar-refractivity contribution in [3.05, 3.63) is 173 Å². The maximum atomic E-state index is 16.2. The van der Waals surface area contributed by atoms with Crippen molar-refractivity contribution in [2.75, 3.05) is 7.11 Å². The third-order valence-corrected chi connectivity index (χ3v) is 12.2. The van der Waals surface area contributed by atoms with Crippen LogP contribution >= 0.6 is 15.9 Å². The molecule has 14 heteroatoms. The van der Waals surface area contributed by atoms with Gasteiger partial charge in [0.25, 0.3) is 0 Å². The Labute approximate surface area is 390 Å². The van der Waals surface area contributed by atoms with Gasteiger partial charge in [0, 0.05) is 22.8 Å². The van der Waals surface area contributed by atoms with Crippen LogP contribution in [0.4, 0.5) is 4.39 Å². The molecule has 0 aromatic heterocycles. The van der Waals surface area contributed by atoms with Crippen LogP contribution in [0, 0.1) is 61.2 Å². The number of methoxy groups -OCH3 is 1. The number of halogens is 2. The summed E-state index contributed by atoms with van der Waals surface area (Å²) in [6.07, 6.45) is 0. The average molecular weight is 964 g/mol. The zero-order valence-electron chi connectivity index (χ0n) is 37.9. The highest BCUT2D eigenvalue weighted by molar-refractivity contribution is 9.10. The van der Waals surface area contributed by atoms with Crippen molar-refractivity contribution in [1.29, 1.82) is 0 Å². The van der Waals surface area contributed by atoms with E-state index >= 15 is 4.39 Å². The minimum absolute atomic E-state index is 0.0171. The van der Waals surface area contributed by atoms with Gasteiger partial charge in [0.1, 0.15) is 64.0 Å². The first kappa shape index (κ1) is 48.3. The molecule has 6 aromatic rings. The second-order valence-corrected chi connectivity index (χ2v) is 16.5. The van der Waals surface area contributed by atoms with E-state index in [1.54, 1.807) is 39.8 Å². The van der Waals surface area contributed by atoms with Crippen LogP contribution in [0.5, 0.6) is 34.5 Å². The highest BCUT2D eigenvalue weighted by Gasteiger charge is 2.32. The molecule has 0 bridgehead atoms. The summed E-state index contributed by atoms with van der Waals surface area (Å²) in [5.41, 5.74) is 3.72. The molecule has 0 amide bonds. The van der Waals surface area contributed by atoms with Crippen LogP contribution in [0.25, 0.3) is 0 Å². The fraction of sp³-hybridized carbons (Fsp3) is 0.231. The van der Waals surface area contributed by atoms with Crippen molar-refractivity contribution in [1.82, 2.24) is 0 Å². The molecule has 66 heavy (non-hydrogen) atoms. The molecule has 0 spiro atoms. The first-order chi connectivity index (χ1) is 31.4. The van der Waals surface area contributed by atoms with Crippen molar-refractivity contribution in [2.45, 2.75) is 75.2 Å². The number of ether oxygens (including phenoxy) is 6. The van der Waals surface area contributed by atoms with E-state index in [4.69, 9.17) is 28.4 Å². The standard InChI is InChI=1S/C52H48BrFO12/c1-26-20-27(2)37(40(29(26)4)49(57)63-24-35-18-14-11-15-19-35)25-64-50(58)42-32(7)44(54)48(33(8)45(42)55)66-52(60)41-30(5)31(6)47(43(53)46(41)56)65-51(59)39-28(3)21-36(22-38(39)61-9)62-23-34-16-12-10-13-17-34/h10-22,55-56H,23-25H2,1-9H3. The lowest BCUT2D eigenvalue weighted by molar-refractivity contribution is 0.0426. The predicted molar refractivity (Wildman–Crippen MR) is 247 cm³/mol. The molecule has 0 aliphatic carbocycles. The molecule has 0 saturated carbocycles. The summed E-state index contributed by atoms with van der Waals surface area (Å²) in [5.74, 6) is -6.51. The Hall–Kier alpha value is -7.19. The molecule has 6 aromatic carbocycles. The molecule has 0 aliphatic heterocycles. The summed E-state index contributed by atoms with van der Waals surface area (Å²) >= 11 is 3.25. The number of aromatic hydroxyl groups is 2. The minimum Gasteiger partial charge on any atom is -0.507 e. The van der Waals surface area contributed by atoms with Crippen LogP contribution in [-0.4, -0.2) is 41.2 Å². The highest BCUT2D eigenvalue weighted by Crippen LogP contribution is 2.44. The summed E-state index contributed by atoms with van der Waals surface area (Å²) in [6, 6.07) is 23.7. The fourth-order valence-corrected chi connectivity index (χ4v) is 8.02. The van der Waals surface area contributed by atoms with Gasteiger partial charge in [0.05, 0.1) is 12.7 Å². The maximum absolute atomic E-state index is 16.2. The number of benzene rings is 6. The quantitative estimate of drug-likeness (QED) is 0.0785. The predicted octanol–water partition coefficient (Wildman–Crippen LogP) is 11.2. The Morgan fingerprint density at radius 2 is 1.09 bits per heavy atom. The highest BCUT2D eigenvalue weighted by atomic mass is 79.9. The van der Waals surface area contributed by atoms with Gasteiger partial charge >= 0.3 is 23.9 Å². The summed E-state index contributed by atoms with van der Waals surface area (Å²) in [4.78, 5) is 54.6. The van der Waals surface area contributed by atoms with Gasteiger partial charge in [-0.2, -0.15) is 0 Å². The molecule has 0 fully saturated rings. The fourth-order valence-electron chi connectivity index (χ4n) is 7.44. The first-order valence-corrected chi connectivity index (χ1v) is 21.5. The summed E-state index contributed by atoms with van der Waals surface area (Å²) in [5, 5.41) is 22.6. The molecule has 0 radical (unpaired) electrons. The molecule has 0 heterocycles. The molecule has 0 saturated heterocycles. The van der Waals surface area contributed by atoms with Crippen LogP contribution in [0.15, 0.2) is 83.3 Å². The summed E-state index contributed by atoms with van der Waals surface area (Å²) in [6.45, 7) is 12.4. The SMILES string of the molecule is COc1cc(OCc2ccccc2)cc(C)c1C(=O)Oc1c(C)c(C)c(C(=O)Oc2c(C)c(O)c(C(=O)OCc3c(C)cc(C)c(C)c3C(=O)OCc3ccccc3)c(C)c2F)c(O)c1Br. The molecule has 0 unspecified atom stereocenters. The van der Waals surface area contributed by atoms with Crippen molar-refractivity contribution in [3.8, 4) is 34.5 Å². The molecule has 0 aliphatic rings. The van der Waals surface area contributed by atoms with E-state index in [0.717, 1.165) is 16.7 Å². The average Bonchev–Trinajstić information content (AvgIpc) is 3.30. The van der Waals surface area contributed by atoms with Crippen LogP contribution in [0.1, 0.15) is 103 Å². The monoisotopic (exact) mass is 962 g/mol. The van der Waals surface area contributed by atoms with E-state index in [2.05, 4.69) is 15.9 Å². The smallest absolute Gasteiger partial charge is 0.347 e. The van der Waals surface area contributed by atoms with Gasteiger partial charge < -0.3 is 38.6 Å². The van der Waals surface area contributed by atoms with E-state index in [0.29, 0.717) is 28.0 Å². The van der Waals surface area contributed by atoms with E-state index in [-0.39, 0.29) is 57.0 Å². The Bertz CT molecular complexity index is 2830. The van der Waals surface area contributed by atoms with E-state index < -0.39 is 70.2 Å². The number of hydrogen-bond donors (Lipinski definition) is 2. The summed E-state index contributed by atoms with van der Waals surface area (Å²) < 4.78 is 50.1. The molecule has 0 atom stereocenters.